The molecule has 2 N–H and O–H groups in total. The normalized spacial score (nSPS) is 45.2. The monoisotopic (exact) mass is 183 g/mol. The number of rotatable bonds is 0. The molecule has 3 atom stereocenters. The van der Waals surface area contributed by atoms with Crippen LogP contribution in [0.4, 0.5) is 0 Å². The van der Waals surface area contributed by atoms with Gasteiger partial charge in [-0.3, -0.25) is 0 Å². The van der Waals surface area contributed by atoms with Crippen molar-refractivity contribution in [2.75, 3.05) is 13.1 Å². The summed E-state index contributed by atoms with van der Waals surface area (Å²) in [5, 5.41) is 13.3. The van der Waals surface area contributed by atoms with E-state index in [1.165, 1.54) is 6.42 Å². The number of hydrogen-bond donors (Lipinski definition) is 2. The van der Waals surface area contributed by atoms with Gasteiger partial charge >= 0.3 is 0 Å². The Kier molecular flexibility index (Phi) is 1.97. The number of aliphatic hydroxyl groups excluding tert-OH is 1. The average Bonchev–Trinajstić information content (AvgIpc) is 2.32. The standard InChI is InChI=1S/C11H21NO/c1-10(2,3)9-8(13)6-11(9)4-5-12-7-11/h8-9,12-13H,4-7H2,1-3H3/t8-,9-,11?/m1/s1. The first-order valence-corrected chi connectivity index (χ1v) is 5.34. The van der Waals surface area contributed by atoms with E-state index in [-0.39, 0.29) is 11.5 Å². The van der Waals surface area contributed by atoms with Gasteiger partial charge in [0.05, 0.1) is 6.10 Å². The molecule has 1 aliphatic carbocycles. The Morgan fingerprint density at radius 2 is 2.08 bits per heavy atom. The maximum atomic E-state index is 9.84. The molecule has 2 aliphatic rings. The fraction of sp³-hybridized carbons (Fsp3) is 1.00. The molecular weight excluding hydrogens is 162 g/mol. The molecule has 0 amide bonds. The minimum atomic E-state index is -0.0556. The molecule has 1 spiro atoms. The molecule has 1 heterocycles. The van der Waals surface area contributed by atoms with Crippen LogP contribution in [0.15, 0.2) is 0 Å². The summed E-state index contributed by atoms with van der Waals surface area (Å²) < 4.78 is 0. The van der Waals surface area contributed by atoms with E-state index in [1.54, 1.807) is 0 Å². The molecule has 76 valence electrons. The molecule has 2 rings (SSSR count). The van der Waals surface area contributed by atoms with Gasteiger partial charge in [0, 0.05) is 6.54 Å². The Morgan fingerprint density at radius 3 is 2.46 bits per heavy atom. The maximum absolute atomic E-state index is 9.84. The van der Waals surface area contributed by atoms with Gasteiger partial charge in [0.2, 0.25) is 0 Å². The summed E-state index contributed by atoms with van der Waals surface area (Å²) in [5.41, 5.74) is 0.682. The highest BCUT2D eigenvalue weighted by Gasteiger charge is 2.58. The van der Waals surface area contributed by atoms with Crippen molar-refractivity contribution in [1.82, 2.24) is 5.32 Å². The fourth-order valence-corrected chi connectivity index (χ4v) is 3.61. The minimum absolute atomic E-state index is 0.0556. The van der Waals surface area contributed by atoms with E-state index in [1.807, 2.05) is 0 Å². The summed E-state index contributed by atoms with van der Waals surface area (Å²) in [6, 6.07) is 0. The number of hydrogen-bond acceptors (Lipinski definition) is 2. The van der Waals surface area contributed by atoms with Crippen molar-refractivity contribution >= 4 is 0 Å². The van der Waals surface area contributed by atoms with E-state index in [2.05, 4.69) is 26.1 Å². The molecule has 1 unspecified atom stereocenters. The van der Waals surface area contributed by atoms with Crippen LogP contribution in [0, 0.1) is 16.7 Å². The molecule has 0 aromatic heterocycles. The van der Waals surface area contributed by atoms with Crippen LogP contribution in [0.25, 0.3) is 0 Å². The molecule has 0 aromatic rings. The van der Waals surface area contributed by atoms with Crippen molar-refractivity contribution < 1.29 is 5.11 Å². The van der Waals surface area contributed by atoms with Gasteiger partial charge in [-0.15, -0.1) is 0 Å². The molecule has 2 fully saturated rings. The molecule has 1 saturated carbocycles. The van der Waals surface area contributed by atoms with E-state index in [0.717, 1.165) is 19.5 Å². The van der Waals surface area contributed by atoms with Crippen molar-refractivity contribution in [1.29, 1.82) is 0 Å². The third kappa shape index (κ3) is 1.31. The van der Waals surface area contributed by atoms with Crippen LogP contribution in [0.5, 0.6) is 0 Å². The smallest absolute Gasteiger partial charge is 0.0585 e. The highest BCUT2D eigenvalue weighted by Crippen LogP contribution is 2.57. The molecule has 1 aliphatic heterocycles. The fourth-order valence-electron chi connectivity index (χ4n) is 3.61. The van der Waals surface area contributed by atoms with Gasteiger partial charge in [-0.2, -0.15) is 0 Å². The van der Waals surface area contributed by atoms with Crippen molar-refractivity contribution in [3.63, 3.8) is 0 Å². The van der Waals surface area contributed by atoms with E-state index >= 15 is 0 Å². The first-order valence-electron chi connectivity index (χ1n) is 5.34. The third-order valence-corrected chi connectivity index (χ3v) is 3.87. The predicted molar refractivity (Wildman–Crippen MR) is 53.5 cm³/mol. The van der Waals surface area contributed by atoms with E-state index < -0.39 is 0 Å². The molecule has 1 saturated heterocycles. The zero-order valence-corrected chi connectivity index (χ0v) is 8.93. The van der Waals surface area contributed by atoms with E-state index in [9.17, 15) is 5.11 Å². The van der Waals surface area contributed by atoms with Gasteiger partial charge in [0.25, 0.3) is 0 Å². The summed E-state index contributed by atoms with van der Waals surface area (Å²) in [4.78, 5) is 0. The molecular formula is C11H21NO. The third-order valence-electron chi connectivity index (χ3n) is 3.87. The van der Waals surface area contributed by atoms with Crippen LogP contribution in [-0.2, 0) is 0 Å². The van der Waals surface area contributed by atoms with Crippen LogP contribution in [-0.4, -0.2) is 24.3 Å². The Morgan fingerprint density at radius 1 is 1.38 bits per heavy atom. The highest BCUT2D eigenvalue weighted by atomic mass is 16.3. The number of aliphatic hydroxyl groups is 1. The first kappa shape index (κ1) is 9.47. The summed E-state index contributed by atoms with van der Waals surface area (Å²) in [7, 11) is 0. The van der Waals surface area contributed by atoms with Gasteiger partial charge in [0.1, 0.15) is 0 Å². The number of nitrogens with one attached hydrogen (secondary N) is 1. The second kappa shape index (κ2) is 2.71. The van der Waals surface area contributed by atoms with Gasteiger partial charge in [0.15, 0.2) is 0 Å². The topological polar surface area (TPSA) is 32.3 Å². The largest absolute Gasteiger partial charge is 0.393 e. The van der Waals surface area contributed by atoms with Crippen molar-refractivity contribution in [3.05, 3.63) is 0 Å². The lowest BCUT2D eigenvalue weighted by atomic mass is 9.50. The SMILES string of the molecule is CC(C)(C)[C@H]1[C@H](O)CC12CCNC2. The van der Waals surface area contributed by atoms with Gasteiger partial charge in [-0.25, -0.2) is 0 Å². The molecule has 2 heteroatoms. The lowest BCUT2D eigenvalue weighted by Crippen LogP contribution is -2.58. The summed E-state index contributed by atoms with van der Waals surface area (Å²) in [5.74, 6) is 0.495. The van der Waals surface area contributed by atoms with Crippen molar-refractivity contribution in [2.24, 2.45) is 16.7 Å². The quantitative estimate of drug-likeness (QED) is 0.595. The maximum Gasteiger partial charge on any atom is 0.0585 e. The van der Waals surface area contributed by atoms with Gasteiger partial charge in [-0.1, -0.05) is 20.8 Å². The second-order valence-electron chi connectivity index (χ2n) is 5.90. The van der Waals surface area contributed by atoms with Crippen LogP contribution in [0.3, 0.4) is 0 Å². The first-order chi connectivity index (χ1) is 5.96. The second-order valence-corrected chi connectivity index (χ2v) is 5.90. The van der Waals surface area contributed by atoms with Gasteiger partial charge < -0.3 is 10.4 Å². The Labute approximate surface area is 80.7 Å². The Hall–Kier alpha value is -0.0800. The predicted octanol–water partition coefficient (Wildman–Crippen LogP) is 1.39. The van der Waals surface area contributed by atoms with E-state index in [0.29, 0.717) is 11.3 Å². The van der Waals surface area contributed by atoms with Crippen LogP contribution in [0.1, 0.15) is 33.6 Å². The van der Waals surface area contributed by atoms with Gasteiger partial charge in [-0.05, 0) is 36.1 Å². The van der Waals surface area contributed by atoms with Crippen molar-refractivity contribution in [3.8, 4) is 0 Å². The Bertz CT molecular complexity index is 201. The molecule has 2 nitrogen and oxygen atoms in total. The molecule has 0 radical (unpaired) electrons. The summed E-state index contributed by atoms with van der Waals surface area (Å²) in [6.07, 6.45) is 2.22. The molecule has 0 aromatic carbocycles. The lowest BCUT2D eigenvalue weighted by molar-refractivity contribution is -0.146. The zero-order chi connectivity index (χ0) is 9.69. The van der Waals surface area contributed by atoms with E-state index in [4.69, 9.17) is 0 Å². The van der Waals surface area contributed by atoms with Crippen LogP contribution in [0.2, 0.25) is 0 Å². The Balaban J connectivity index is 2.16. The minimum Gasteiger partial charge on any atom is -0.393 e. The average molecular weight is 183 g/mol. The molecule has 13 heavy (non-hydrogen) atoms. The van der Waals surface area contributed by atoms with Crippen LogP contribution >= 0.6 is 0 Å². The van der Waals surface area contributed by atoms with Crippen molar-refractivity contribution in [2.45, 2.75) is 39.7 Å². The lowest BCUT2D eigenvalue weighted by Gasteiger charge is -2.56. The summed E-state index contributed by atoms with van der Waals surface area (Å²) >= 11 is 0. The summed E-state index contributed by atoms with van der Waals surface area (Å²) in [6.45, 7) is 9.01. The highest BCUT2D eigenvalue weighted by molar-refractivity contribution is 5.09. The molecule has 0 bridgehead atoms. The zero-order valence-electron chi connectivity index (χ0n) is 8.93. The van der Waals surface area contributed by atoms with Crippen LogP contribution < -0.4 is 5.32 Å².